The van der Waals surface area contributed by atoms with Gasteiger partial charge in [0.1, 0.15) is 0 Å². The zero-order valence-electron chi connectivity index (χ0n) is 14.1. The molecule has 1 aromatic rings. The summed E-state index contributed by atoms with van der Waals surface area (Å²) in [4.78, 5) is 23.8. The third-order valence-corrected chi connectivity index (χ3v) is 6.53. The molecule has 2 heterocycles. The van der Waals surface area contributed by atoms with Crippen LogP contribution in [0.3, 0.4) is 0 Å². The fourth-order valence-corrected chi connectivity index (χ4v) is 4.80. The zero-order valence-corrected chi connectivity index (χ0v) is 14.9. The Bertz CT molecular complexity index is 782. The highest BCUT2D eigenvalue weighted by Gasteiger charge is 2.32. The van der Waals surface area contributed by atoms with Gasteiger partial charge in [0, 0.05) is 19.5 Å². The van der Waals surface area contributed by atoms with Crippen molar-refractivity contribution in [1.29, 1.82) is 0 Å². The molecule has 2 aliphatic heterocycles. The van der Waals surface area contributed by atoms with E-state index in [9.17, 15) is 18.0 Å². The summed E-state index contributed by atoms with van der Waals surface area (Å²) in [6.07, 6.45) is 2.09. The minimum Gasteiger partial charge on any atom is -0.463 e. The summed E-state index contributed by atoms with van der Waals surface area (Å²) in [5, 5.41) is 0. The maximum atomic E-state index is 12.9. The number of hydrogen-bond acceptors (Lipinski definition) is 6. The van der Waals surface area contributed by atoms with E-state index >= 15 is 0 Å². The van der Waals surface area contributed by atoms with Crippen LogP contribution in [0.5, 0.6) is 0 Å². The first-order chi connectivity index (χ1) is 11.9. The normalized spacial score (nSPS) is 21.8. The minimum atomic E-state index is -3.65. The van der Waals surface area contributed by atoms with E-state index in [1.54, 1.807) is 13.0 Å². The first kappa shape index (κ1) is 17.9. The summed E-state index contributed by atoms with van der Waals surface area (Å²) < 4.78 is 37.1. The van der Waals surface area contributed by atoms with Gasteiger partial charge in [0.2, 0.25) is 16.1 Å². The van der Waals surface area contributed by atoms with Crippen LogP contribution in [-0.2, 0) is 24.3 Å². The second kappa shape index (κ2) is 7.13. The number of piperidine rings is 1. The topological polar surface area (TPSA) is 90.0 Å². The molecule has 8 heteroatoms. The summed E-state index contributed by atoms with van der Waals surface area (Å²) in [7, 11) is -3.65. The number of ether oxygens (including phenoxy) is 2. The highest BCUT2D eigenvalue weighted by molar-refractivity contribution is 7.89. The van der Waals surface area contributed by atoms with Crippen LogP contribution >= 0.6 is 0 Å². The van der Waals surface area contributed by atoms with Crippen LogP contribution in [0.2, 0.25) is 0 Å². The molecule has 0 N–H and O–H groups in total. The molecular weight excluding hydrogens is 346 g/mol. The molecule has 2 fully saturated rings. The molecule has 2 aliphatic rings. The van der Waals surface area contributed by atoms with E-state index in [0.29, 0.717) is 25.1 Å². The molecule has 3 rings (SSSR count). The maximum absolute atomic E-state index is 12.9. The standard InChI is InChI=1S/C17H21NO6S/c1-12-5-6-13(16(19)24-14-7-10-23-17(14)20)11-15(12)25(21,22)18-8-3-2-4-9-18/h5-6,11,14H,2-4,7-10H2,1H3/t14-/m0/s1. The second-order valence-electron chi connectivity index (χ2n) is 6.30. The van der Waals surface area contributed by atoms with Gasteiger partial charge in [-0.05, 0) is 37.5 Å². The van der Waals surface area contributed by atoms with Gasteiger partial charge in [0.05, 0.1) is 17.1 Å². The molecule has 0 amide bonds. The molecule has 0 aromatic heterocycles. The molecule has 0 bridgehead atoms. The van der Waals surface area contributed by atoms with E-state index in [2.05, 4.69) is 0 Å². The van der Waals surface area contributed by atoms with E-state index < -0.39 is 28.1 Å². The summed E-state index contributed by atoms with van der Waals surface area (Å²) in [6, 6.07) is 4.43. The van der Waals surface area contributed by atoms with Gasteiger partial charge in [0.15, 0.2) is 0 Å². The van der Waals surface area contributed by atoms with Crippen LogP contribution in [-0.4, -0.2) is 50.5 Å². The Kier molecular flexibility index (Phi) is 5.10. The van der Waals surface area contributed by atoms with E-state index in [-0.39, 0.29) is 17.1 Å². The fraction of sp³-hybridized carbons (Fsp3) is 0.529. The first-order valence-corrected chi connectivity index (χ1v) is 9.82. The number of cyclic esters (lactones) is 1. The monoisotopic (exact) mass is 367 g/mol. The number of carbonyl (C=O) groups excluding carboxylic acids is 2. The van der Waals surface area contributed by atoms with Crippen LogP contribution < -0.4 is 0 Å². The van der Waals surface area contributed by atoms with Gasteiger partial charge in [-0.25, -0.2) is 18.0 Å². The maximum Gasteiger partial charge on any atom is 0.347 e. The van der Waals surface area contributed by atoms with Gasteiger partial charge in [-0.2, -0.15) is 4.31 Å². The Morgan fingerprint density at radius 3 is 2.60 bits per heavy atom. The van der Waals surface area contributed by atoms with Gasteiger partial charge >= 0.3 is 11.9 Å². The predicted octanol–water partition coefficient (Wildman–Crippen LogP) is 1.64. The van der Waals surface area contributed by atoms with Crippen molar-refractivity contribution < 1.29 is 27.5 Å². The minimum absolute atomic E-state index is 0.109. The lowest BCUT2D eigenvalue weighted by Gasteiger charge is -2.26. The van der Waals surface area contributed by atoms with Crippen LogP contribution in [0.15, 0.2) is 23.1 Å². The Hall–Kier alpha value is -1.93. The van der Waals surface area contributed by atoms with Crippen molar-refractivity contribution in [2.75, 3.05) is 19.7 Å². The third-order valence-electron chi connectivity index (χ3n) is 4.49. The molecule has 0 radical (unpaired) electrons. The molecule has 136 valence electrons. The molecule has 0 aliphatic carbocycles. The van der Waals surface area contributed by atoms with Crippen molar-refractivity contribution in [1.82, 2.24) is 4.31 Å². The number of sulfonamides is 1. The van der Waals surface area contributed by atoms with Gasteiger partial charge in [0.25, 0.3) is 0 Å². The van der Waals surface area contributed by atoms with Crippen molar-refractivity contribution in [2.45, 2.75) is 43.6 Å². The largest absolute Gasteiger partial charge is 0.463 e. The summed E-state index contributed by atoms with van der Waals surface area (Å²) in [5.74, 6) is -1.29. The second-order valence-corrected chi connectivity index (χ2v) is 8.20. The average Bonchev–Trinajstić information content (AvgIpc) is 3.00. The lowest BCUT2D eigenvalue weighted by Crippen LogP contribution is -2.36. The van der Waals surface area contributed by atoms with E-state index in [1.807, 2.05) is 0 Å². The molecule has 1 atom stereocenters. The molecule has 2 saturated heterocycles. The summed E-state index contributed by atoms with van der Waals surface area (Å²) in [5.41, 5.74) is 0.684. The highest BCUT2D eigenvalue weighted by atomic mass is 32.2. The Morgan fingerprint density at radius 1 is 1.24 bits per heavy atom. The van der Waals surface area contributed by atoms with Crippen molar-refractivity contribution in [2.24, 2.45) is 0 Å². The number of nitrogens with zero attached hydrogens (tertiary/aromatic N) is 1. The van der Waals surface area contributed by atoms with E-state index in [1.165, 1.54) is 16.4 Å². The van der Waals surface area contributed by atoms with Gasteiger partial charge in [-0.1, -0.05) is 12.5 Å². The van der Waals surface area contributed by atoms with E-state index in [0.717, 1.165) is 19.3 Å². The molecule has 7 nitrogen and oxygen atoms in total. The van der Waals surface area contributed by atoms with Gasteiger partial charge < -0.3 is 9.47 Å². The highest BCUT2D eigenvalue weighted by Crippen LogP contribution is 2.25. The SMILES string of the molecule is Cc1ccc(C(=O)O[C@H]2CCOC2=O)cc1S(=O)(=O)N1CCCCC1. The smallest absolute Gasteiger partial charge is 0.347 e. The number of esters is 2. The van der Waals surface area contributed by atoms with Crippen molar-refractivity contribution >= 4 is 22.0 Å². The molecule has 0 saturated carbocycles. The fourth-order valence-electron chi connectivity index (χ4n) is 3.03. The average molecular weight is 367 g/mol. The zero-order chi connectivity index (χ0) is 18.0. The van der Waals surface area contributed by atoms with E-state index in [4.69, 9.17) is 9.47 Å². The molecule has 0 unspecified atom stereocenters. The Morgan fingerprint density at radius 2 is 1.96 bits per heavy atom. The summed E-state index contributed by atoms with van der Waals surface area (Å²) >= 11 is 0. The lowest BCUT2D eigenvalue weighted by molar-refractivity contribution is -0.145. The third kappa shape index (κ3) is 3.69. The number of carbonyl (C=O) groups is 2. The van der Waals surface area contributed by atoms with Crippen molar-refractivity contribution in [3.8, 4) is 0 Å². The van der Waals surface area contributed by atoms with Crippen molar-refractivity contribution in [3.05, 3.63) is 29.3 Å². The van der Waals surface area contributed by atoms with Gasteiger partial charge in [-0.3, -0.25) is 0 Å². The van der Waals surface area contributed by atoms with Crippen LogP contribution in [0, 0.1) is 6.92 Å². The number of benzene rings is 1. The summed E-state index contributed by atoms with van der Waals surface area (Å²) in [6.45, 7) is 2.90. The quantitative estimate of drug-likeness (QED) is 0.752. The Balaban J connectivity index is 1.84. The molecular formula is C17H21NO6S. The van der Waals surface area contributed by atoms with Crippen molar-refractivity contribution in [3.63, 3.8) is 0 Å². The molecule has 25 heavy (non-hydrogen) atoms. The van der Waals surface area contributed by atoms with Crippen LogP contribution in [0.25, 0.3) is 0 Å². The van der Waals surface area contributed by atoms with Crippen LogP contribution in [0.4, 0.5) is 0 Å². The number of aryl methyl sites for hydroxylation is 1. The number of hydrogen-bond donors (Lipinski definition) is 0. The predicted molar refractivity (Wildman–Crippen MR) is 88.6 cm³/mol. The molecule has 0 spiro atoms. The van der Waals surface area contributed by atoms with Crippen LogP contribution in [0.1, 0.15) is 41.6 Å². The lowest BCUT2D eigenvalue weighted by atomic mass is 10.1. The number of rotatable bonds is 4. The Labute approximate surface area is 147 Å². The van der Waals surface area contributed by atoms with Gasteiger partial charge in [-0.15, -0.1) is 0 Å². The first-order valence-electron chi connectivity index (χ1n) is 8.38. The molecule has 1 aromatic carbocycles.